The van der Waals surface area contributed by atoms with Crippen molar-refractivity contribution in [2.24, 2.45) is 0 Å². The van der Waals surface area contributed by atoms with Gasteiger partial charge in [0.1, 0.15) is 28.3 Å². The summed E-state index contributed by atoms with van der Waals surface area (Å²) in [5.41, 5.74) is 6.02. The van der Waals surface area contributed by atoms with Crippen molar-refractivity contribution in [1.82, 2.24) is 39.9 Å². The summed E-state index contributed by atoms with van der Waals surface area (Å²) in [4.78, 5) is 36.8. The first-order chi connectivity index (χ1) is 21.2. The maximum absolute atomic E-state index is 5.82. The molecule has 3 aromatic heterocycles. The fraction of sp³-hybridized carbons (Fsp3) is 0. The monoisotopic (exact) mass is 556 g/mol. The molecule has 43 heavy (non-hydrogen) atoms. The molecule has 0 atom stereocenters. The van der Waals surface area contributed by atoms with Gasteiger partial charge in [-0.3, -0.25) is 0 Å². The Morgan fingerprint density at radius 1 is 0.465 bits per heavy atom. The lowest BCUT2D eigenvalue weighted by molar-refractivity contribution is 0.489. The van der Waals surface area contributed by atoms with Crippen molar-refractivity contribution in [2.75, 3.05) is 0 Å². The predicted octanol–water partition coefficient (Wildman–Crippen LogP) is 7.39. The first-order valence-electron chi connectivity index (χ1n) is 13.8. The van der Waals surface area contributed by atoms with Gasteiger partial charge in [-0.1, -0.05) is 91.5 Å². The highest BCUT2D eigenvalue weighted by Gasteiger charge is 2.22. The molecule has 0 unspecified atom stereocenters. The molecule has 0 aliphatic carbocycles. The van der Waals surface area contributed by atoms with Crippen LogP contribution >= 0.6 is 0 Å². The maximum atomic E-state index is 5.82. The van der Waals surface area contributed by atoms with Crippen LogP contribution in [0.4, 0.5) is 0 Å². The standard InChI is InChI=1S/C34H20N8O/c1-2-43-25-17-9-16-24-26(25)34-41-32-23-15-8-7-14-22(23)30(39-32)37-28-19-11-4-3-10-18(19)27(35-28)36-29-20-12-5-6-13-21(20)31(38-29)40-33(24)42-34/h2-17H,1H2,(H2,35,36,37,38,39,40,41,42). The summed E-state index contributed by atoms with van der Waals surface area (Å²) in [6.07, 6.45) is 1.40. The lowest BCUT2D eigenvalue weighted by Crippen LogP contribution is -1.84. The third-order valence-corrected chi connectivity index (χ3v) is 7.75. The van der Waals surface area contributed by atoms with Crippen LogP contribution in [0, 0.1) is 0 Å². The first-order valence-corrected chi connectivity index (χ1v) is 13.8. The van der Waals surface area contributed by atoms with Crippen LogP contribution in [0.1, 0.15) is 0 Å². The van der Waals surface area contributed by atoms with Gasteiger partial charge in [-0.25, -0.2) is 29.9 Å². The summed E-state index contributed by atoms with van der Waals surface area (Å²) in [7, 11) is 0. The van der Waals surface area contributed by atoms with Gasteiger partial charge in [0.05, 0.1) is 11.6 Å². The Hall–Kier alpha value is -6.22. The Labute approximate surface area is 243 Å². The third-order valence-electron chi connectivity index (χ3n) is 7.75. The molecule has 0 fully saturated rings. The average molecular weight is 557 g/mol. The lowest BCUT2D eigenvalue weighted by atomic mass is 10.1. The molecular formula is C34H20N8O. The van der Waals surface area contributed by atoms with Crippen LogP contribution in [-0.2, 0) is 0 Å². The molecule has 0 saturated carbocycles. The molecule has 202 valence electrons. The van der Waals surface area contributed by atoms with Crippen LogP contribution < -0.4 is 4.74 Å². The van der Waals surface area contributed by atoms with E-state index in [0.717, 1.165) is 43.8 Å². The highest BCUT2D eigenvalue weighted by atomic mass is 16.5. The van der Waals surface area contributed by atoms with E-state index in [1.54, 1.807) is 0 Å². The average Bonchev–Trinajstić information content (AvgIpc) is 3.77. The van der Waals surface area contributed by atoms with Crippen molar-refractivity contribution < 1.29 is 4.74 Å². The van der Waals surface area contributed by atoms with Gasteiger partial charge >= 0.3 is 0 Å². The van der Waals surface area contributed by atoms with Crippen molar-refractivity contribution in [1.29, 1.82) is 0 Å². The smallest absolute Gasteiger partial charge is 0.164 e. The second kappa shape index (κ2) is 8.89. The van der Waals surface area contributed by atoms with E-state index < -0.39 is 0 Å². The zero-order valence-electron chi connectivity index (χ0n) is 22.5. The molecule has 2 aliphatic rings. The zero-order chi connectivity index (χ0) is 28.5. The second-order valence-corrected chi connectivity index (χ2v) is 10.2. The number of ether oxygens (including phenoxy) is 1. The molecule has 9 nitrogen and oxygen atoms in total. The molecule has 4 aromatic carbocycles. The molecule has 0 amide bonds. The van der Waals surface area contributed by atoms with Gasteiger partial charge in [-0.05, 0) is 6.07 Å². The van der Waals surface area contributed by atoms with Crippen molar-refractivity contribution in [2.45, 2.75) is 0 Å². The molecular weight excluding hydrogens is 536 g/mol. The zero-order valence-corrected chi connectivity index (χ0v) is 22.5. The Kier molecular flexibility index (Phi) is 4.85. The molecule has 9 rings (SSSR count). The number of hydrogen-bond acceptors (Lipinski definition) is 7. The highest BCUT2D eigenvalue weighted by Crippen LogP contribution is 2.38. The van der Waals surface area contributed by atoms with Crippen LogP contribution in [0.3, 0.4) is 0 Å². The first kappa shape index (κ1) is 23.5. The Morgan fingerprint density at radius 3 is 1.40 bits per heavy atom. The third kappa shape index (κ3) is 3.51. The van der Waals surface area contributed by atoms with E-state index in [9.17, 15) is 0 Å². The predicted molar refractivity (Wildman–Crippen MR) is 167 cm³/mol. The van der Waals surface area contributed by atoms with Crippen molar-refractivity contribution in [3.8, 4) is 51.3 Å². The second-order valence-electron chi connectivity index (χ2n) is 10.2. The quantitative estimate of drug-likeness (QED) is 0.213. The van der Waals surface area contributed by atoms with Crippen LogP contribution in [0.25, 0.3) is 89.7 Å². The maximum Gasteiger partial charge on any atom is 0.164 e. The summed E-state index contributed by atoms with van der Waals surface area (Å²) >= 11 is 0. The number of hydrogen-bond donors (Lipinski definition) is 2. The number of benzene rings is 4. The highest BCUT2D eigenvalue weighted by molar-refractivity contribution is 6.08. The van der Waals surface area contributed by atoms with Gasteiger partial charge in [0, 0.05) is 38.4 Å². The molecule has 5 heterocycles. The van der Waals surface area contributed by atoms with Crippen molar-refractivity contribution in [3.05, 3.63) is 104 Å². The topological polar surface area (TPSA) is 118 Å². The molecule has 8 bridgehead atoms. The molecule has 0 spiro atoms. The van der Waals surface area contributed by atoms with Gasteiger partial charge < -0.3 is 14.7 Å². The summed E-state index contributed by atoms with van der Waals surface area (Å²) in [6.45, 7) is 3.76. The molecule has 9 heteroatoms. The van der Waals surface area contributed by atoms with Gasteiger partial charge in [-0.15, -0.1) is 0 Å². The van der Waals surface area contributed by atoms with Crippen LogP contribution in [0.15, 0.2) is 104 Å². The number of fused-ring (bicyclic) bond motifs is 20. The normalized spacial score (nSPS) is 11.8. The molecule has 7 aromatic rings. The lowest BCUT2D eigenvalue weighted by Gasteiger charge is -2.01. The molecule has 2 aliphatic heterocycles. The molecule has 0 radical (unpaired) electrons. The van der Waals surface area contributed by atoms with E-state index in [0.29, 0.717) is 51.6 Å². The number of aromatic nitrogens is 8. The summed E-state index contributed by atoms with van der Waals surface area (Å²) in [5.74, 6) is 2.80. The number of H-pyrrole nitrogens is 2. The van der Waals surface area contributed by atoms with Gasteiger partial charge in [0.25, 0.3) is 0 Å². The van der Waals surface area contributed by atoms with Crippen LogP contribution in [0.5, 0.6) is 5.75 Å². The van der Waals surface area contributed by atoms with E-state index in [1.807, 2.05) is 91.0 Å². The SMILES string of the molecule is C=COc1cccc2c3nc4nc(nc5[nH]c(nc6nc(nc([nH]3)c12)-c1ccccc1-6)c1ccccc51)-c1ccccc1-4. The van der Waals surface area contributed by atoms with E-state index >= 15 is 0 Å². The van der Waals surface area contributed by atoms with E-state index in [-0.39, 0.29) is 0 Å². The van der Waals surface area contributed by atoms with Crippen LogP contribution in [0.2, 0.25) is 0 Å². The fourth-order valence-electron chi connectivity index (χ4n) is 5.85. The number of nitrogens with one attached hydrogen (secondary N) is 2. The van der Waals surface area contributed by atoms with E-state index in [2.05, 4.69) is 16.5 Å². The van der Waals surface area contributed by atoms with Crippen molar-refractivity contribution in [3.63, 3.8) is 0 Å². The largest absolute Gasteiger partial charge is 0.465 e. The minimum Gasteiger partial charge on any atom is -0.465 e. The Bertz CT molecular complexity index is 2470. The van der Waals surface area contributed by atoms with Gasteiger partial charge in [-0.2, -0.15) is 0 Å². The minimum absolute atomic E-state index is 0.532. The Morgan fingerprint density at radius 2 is 0.884 bits per heavy atom. The number of rotatable bonds is 2. The molecule has 2 N–H and O–H groups in total. The summed E-state index contributed by atoms with van der Waals surface area (Å²) < 4.78 is 5.82. The number of nitrogens with zero attached hydrogens (tertiary/aromatic N) is 6. The van der Waals surface area contributed by atoms with Gasteiger partial charge in [0.15, 0.2) is 23.3 Å². The minimum atomic E-state index is 0.532. The summed E-state index contributed by atoms with van der Waals surface area (Å²) in [5, 5.41) is 3.46. The number of aromatic amines is 2. The molecule has 0 saturated heterocycles. The summed E-state index contributed by atoms with van der Waals surface area (Å²) in [6, 6.07) is 29.7. The Balaban J connectivity index is 1.51. The fourth-order valence-corrected chi connectivity index (χ4v) is 5.85. The van der Waals surface area contributed by atoms with Gasteiger partial charge in [0.2, 0.25) is 0 Å². The van der Waals surface area contributed by atoms with E-state index in [1.165, 1.54) is 6.26 Å². The van der Waals surface area contributed by atoms with Crippen LogP contribution in [-0.4, -0.2) is 39.9 Å². The van der Waals surface area contributed by atoms with Crippen molar-refractivity contribution >= 4 is 44.1 Å². The van der Waals surface area contributed by atoms with E-state index in [4.69, 9.17) is 34.6 Å².